The molecule has 1 atom stereocenters. The number of hydrogen-bond donors (Lipinski definition) is 1. The first kappa shape index (κ1) is 25.0. The van der Waals surface area contributed by atoms with Gasteiger partial charge in [0.25, 0.3) is 11.7 Å². The molecule has 3 aromatic rings. The molecule has 6 heteroatoms. The molecule has 0 aliphatic carbocycles. The molecule has 0 bridgehead atoms. The van der Waals surface area contributed by atoms with Gasteiger partial charge in [-0.3, -0.25) is 14.5 Å². The van der Waals surface area contributed by atoms with Crippen molar-refractivity contribution in [1.29, 1.82) is 0 Å². The number of carbonyl (C=O) groups excluding carboxylic acids is 2. The Hall–Kier alpha value is -4.06. The van der Waals surface area contributed by atoms with Crippen molar-refractivity contribution in [3.8, 4) is 11.5 Å². The summed E-state index contributed by atoms with van der Waals surface area (Å²) < 4.78 is 11.4. The van der Waals surface area contributed by atoms with Gasteiger partial charge >= 0.3 is 0 Å². The molecule has 6 nitrogen and oxygen atoms in total. The van der Waals surface area contributed by atoms with Crippen molar-refractivity contribution in [2.75, 3.05) is 18.6 Å². The van der Waals surface area contributed by atoms with Crippen LogP contribution < -0.4 is 14.4 Å². The first-order valence-corrected chi connectivity index (χ1v) is 12.0. The molecule has 1 unspecified atom stereocenters. The molecule has 0 saturated carbocycles. The number of benzene rings is 3. The van der Waals surface area contributed by atoms with Gasteiger partial charge in [-0.2, -0.15) is 0 Å². The number of aliphatic hydroxyl groups excluding tert-OH is 1. The van der Waals surface area contributed by atoms with Crippen LogP contribution in [-0.2, 0) is 9.59 Å². The molecule has 186 valence electrons. The fraction of sp³-hybridized carbons (Fsp3) is 0.267. The first-order valence-electron chi connectivity index (χ1n) is 12.0. The number of aryl methyl sites for hydroxylation is 2. The van der Waals surface area contributed by atoms with E-state index in [-0.39, 0.29) is 11.3 Å². The van der Waals surface area contributed by atoms with E-state index in [0.29, 0.717) is 40.8 Å². The zero-order valence-electron chi connectivity index (χ0n) is 21.2. The number of amides is 1. The van der Waals surface area contributed by atoms with E-state index in [9.17, 15) is 14.7 Å². The Morgan fingerprint density at radius 2 is 1.72 bits per heavy atom. The number of anilines is 1. The molecule has 1 aliphatic heterocycles. The van der Waals surface area contributed by atoms with Crippen molar-refractivity contribution >= 4 is 23.1 Å². The number of carbonyl (C=O) groups is 2. The molecular formula is C30H31NO5. The van der Waals surface area contributed by atoms with Crippen LogP contribution in [0, 0.1) is 19.8 Å². The van der Waals surface area contributed by atoms with Crippen molar-refractivity contribution in [2.45, 2.75) is 33.7 Å². The van der Waals surface area contributed by atoms with E-state index in [1.165, 1.54) is 12.0 Å². The molecule has 4 rings (SSSR count). The third-order valence-electron chi connectivity index (χ3n) is 6.34. The highest BCUT2D eigenvalue weighted by Crippen LogP contribution is 2.45. The van der Waals surface area contributed by atoms with E-state index < -0.39 is 17.7 Å². The molecular weight excluding hydrogens is 454 g/mol. The minimum absolute atomic E-state index is 0.00346. The fourth-order valence-corrected chi connectivity index (χ4v) is 4.31. The summed E-state index contributed by atoms with van der Waals surface area (Å²) in [4.78, 5) is 28.3. The summed E-state index contributed by atoms with van der Waals surface area (Å²) >= 11 is 0. The van der Waals surface area contributed by atoms with Crippen molar-refractivity contribution in [2.24, 2.45) is 5.92 Å². The summed E-state index contributed by atoms with van der Waals surface area (Å²) in [5, 5.41) is 11.5. The van der Waals surface area contributed by atoms with E-state index in [2.05, 4.69) is 0 Å². The van der Waals surface area contributed by atoms with Crippen LogP contribution in [0.15, 0.2) is 72.3 Å². The minimum Gasteiger partial charge on any atom is -0.507 e. The molecule has 0 aromatic heterocycles. The van der Waals surface area contributed by atoms with Crippen LogP contribution in [0.4, 0.5) is 5.69 Å². The number of ether oxygens (including phenoxy) is 2. The Labute approximate surface area is 211 Å². The van der Waals surface area contributed by atoms with E-state index in [1.807, 2.05) is 58.0 Å². The topological polar surface area (TPSA) is 76.1 Å². The number of methoxy groups -OCH3 is 1. The SMILES string of the molecule is COc1ccccc1C1/C(=C(\O)c2cccc(OCC(C)C)c2)C(=O)C(=O)N1c1ccc(C)c(C)c1. The maximum atomic E-state index is 13.5. The fourth-order valence-electron chi connectivity index (χ4n) is 4.31. The van der Waals surface area contributed by atoms with Gasteiger partial charge in [0.1, 0.15) is 17.3 Å². The maximum Gasteiger partial charge on any atom is 0.300 e. The lowest BCUT2D eigenvalue weighted by Gasteiger charge is -2.27. The molecule has 0 radical (unpaired) electrons. The summed E-state index contributed by atoms with van der Waals surface area (Å²) in [5.74, 6) is -0.303. The number of ketones is 1. The standard InChI is InChI=1S/C30H31NO5/c1-18(2)17-36-23-10-8-9-21(16-23)28(32)26-27(24-11-6-7-12-25(24)35-5)31(30(34)29(26)33)22-14-13-19(3)20(4)15-22/h6-16,18,27,32H,17H2,1-5H3/b28-26+. The molecule has 0 spiro atoms. The number of rotatable bonds is 7. The van der Waals surface area contributed by atoms with Gasteiger partial charge in [0.05, 0.1) is 25.3 Å². The smallest absolute Gasteiger partial charge is 0.300 e. The van der Waals surface area contributed by atoms with Crippen LogP contribution in [0.5, 0.6) is 11.5 Å². The highest BCUT2D eigenvalue weighted by Gasteiger charge is 2.48. The lowest BCUT2D eigenvalue weighted by atomic mass is 9.94. The molecule has 1 N–H and O–H groups in total. The monoisotopic (exact) mass is 485 g/mol. The van der Waals surface area contributed by atoms with E-state index in [0.717, 1.165) is 11.1 Å². The van der Waals surface area contributed by atoms with Gasteiger partial charge in [-0.15, -0.1) is 0 Å². The highest BCUT2D eigenvalue weighted by atomic mass is 16.5. The third-order valence-corrected chi connectivity index (χ3v) is 6.34. The second kappa shape index (κ2) is 10.3. The Balaban J connectivity index is 1.91. The molecule has 36 heavy (non-hydrogen) atoms. The van der Waals surface area contributed by atoms with Crippen LogP contribution in [0.3, 0.4) is 0 Å². The Kier molecular flexibility index (Phi) is 7.15. The Morgan fingerprint density at radius 3 is 2.42 bits per heavy atom. The van der Waals surface area contributed by atoms with Crippen molar-refractivity contribution in [3.05, 3.63) is 94.6 Å². The lowest BCUT2D eigenvalue weighted by Crippen LogP contribution is -2.29. The van der Waals surface area contributed by atoms with Gasteiger partial charge in [-0.1, -0.05) is 50.2 Å². The van der Waals surface area contributed by atoms with E-state index in [1.54, 1.807) is 36.4 Å². The van der Waals surface area contributed by atoms with Crippen LogP contribution >= 0.6 is 0 Å². The van der Waals surface area contributed by atoms with Crippen LogP contribution in [0.2, 0.25) is 0 Å². The van der Waals surface area contributed by atoms with Crippen LogP contribution in [0.1, 0.15) is 42.1 Å². The first-order chi connectivity index (χ1) is 17.2. The van der Waals surface area contributed by atoms with E-state index >= 15 is 0 Å². The van der Waals surface area contributed by atoms with Crippen molar-refractivity contribution in [3.63, 3.8) is 0 Å². The predicted molar refractivity (Wildman–Crippen MR) is 140 cm³/mol. The van der Waals surface area contributed by atoms with Gasteiger partial charge in [0.2, 0.25) is 0 Å². The highest BCUT2D eigenvalue weighted by molar-refractivity contribution is 6.51. The summed E-state index contributed by atoms with van der Waals surface area (Å²) in [5.41, 5.74) is 3.64. The second-order valence-electron chi connectivity index (χ2n) is 9.41. The number of aliphatic hydroxyl groups is 1. The molecule has 1 amide bonds. The summed E-state index contributed by atoms with van der Waals surface area (Å²) in [7, 11) is 1.54. The molecule has 1 saturated heterocycles. The second-order valence-corrected chi connectivity index (χ2v) is 9.41. The largest absolute Gasteiger partial charge is 0.507 e. The number of Topliss-reactive ketones (excluding diaryl/α,β-unsaturated/α-hetero) is 1. The van der Waals surface area contributed by atoms with Gasteiger partial charge in [0, 0.05) is 16.8 Å². The van der Waals surface area contributed by atoms with Crippen LogP contribution in [-0.4, -0.2) is 30.5 Å². The average Bonchev–Trinajstić information content (AvgIpc) is 3.14. The Morgan fingerprint density at radius 1 is 0.972 bits per heavy atom. The van der Waals surface area contributed by atoms with Crippen LogP contribution in [0.25, 0.3) is 5.76 Å². The minimum atomic E-state index is -0.872. The van der Waals surface area contributed by atoms with Crippen molar-refractivity contribution in [1.82, 2.24) is 0 Å². The predicted octanol–water partition coefficient (Wildman–Crippen LogP) is 5.97. The zero-order valence-corrected chi connectivity index (χ0v) is 21.2. The summed E-state index contributed by atoms with van der Waals surface area (Å²) in [6.45, 7) is 8.55. The summed E-state index contributed by atoms with van der Waals surface area (Å²) in [6.07, 6.45) is 0. The normalized spacial score (nSPS) is 17.1. The molecule has 1 fully saturated rings. The number of nitrogens with zero attached hydrogens (tertiary/aromatic N) is 1. The van der Waals surface area contributed by atoms with Gasteiger partial charge in [-0.25, -0.2) is 0 Å². The average molecular weight is 486 g/mol. The quantitative estimate of drug-likeness (QED) is 0.253. The molecule has 1 heterocycles. The summed E-state index contributed by atoms with van der Waals surface area (Å²) in [6, 6.07) is 18.9. The maximum absolute atomic E-state index is 13.5. The molecule has 1 aliphatic rings. The zero-order chi connectivity index (χ0) is 26.0. The van der Waals surface area contributed by atoms with Crippen molar-refractivity contribution < 1.29 is 24.2 Å². The van der Waals surface area contributed by atoms with Gasteiger partial charge in [0.15, 0.2) is 0 Å². The number of para-hydroxylation sites is 1. The molecule has 3 aromatic carbocycles. The van der Waals surface area contributed by atoms with Gasteiger partial charge in [-0.05, 0) is 61.2 Å². The third kappa shape index (κ3) is 4.71. The van der Waals surface area contributed by atoms with E-state index in [4.69, 9.17) is 9.47 Å². The van der Waals surface area contributed by atoms with Gasteiger partial charge < -0.3 is 14.6 Å². The lowest BCUT2D eigenvalue weighted by molar-refractivity contribution is -0.132. The number of hydrogen-bond acceptors (Lipinski definition) is 5. The Bertz CT molecular complexity index is 1340.